The summed E-state index contributed by atoms with van der Waals surface area (Å²) in [5.74, 6) is -1.65. The van der Waals surface area contributed by atoms with Gasteiger partial charge in [0.15, 0.2) is 0 Å². The van der Waals surface area contributed by atoms with E-state index in [2.05, 4.69) is 4.98 Å². The number of hydrogen-bond acceptors (Lipinski definition) is 5. The third-order valence-corrected chi connectivity index (χ3v) is 4.19. The van der Waals surface area contributed by atoms with Crippen molar-refractivity contribution in [3.63, 3.8) is 0 Å². The number of nitrogens with zero attached hydrogens (tertiary/aromatic N) is 1. The fourth-order valence-corrected chi connectivity index (χ4v) is 2.90. The molecule has 2 aromatic heterocycles. The fraction of sp³-hybridized carbons (Fsp3) is 0.200. The first kappa shape index (κ1) is 15.5. The Labute approximate surface area is 131 Å². The largest absolute Gasteiger partial charge is 0.508 e. The van der Waals surface area contributed by atoms with E-state index in [0.29, 0.717) is 5.01 Å². The van der Waals surface area contributed by atoms with E-state index in [1.54, 1.807) is 6.92 Å². The standard InChI is InChI=1S/C15H10F3NO3S/c1-6-10(20)4-3-8-12(21)11(9-5-23-7(2)19-9)14(15(16,17)18)22-13(6)8/h3-5,20H,1-2H3. The van der Waals surface area contributed by atoms with Crippen LogP contribution in [0, 0.1) is 13.8 Å². The Hall–Kier alpha value is -2.35. The van der Waals surface area contributed by atoms with E-state index >= 15 is 0 Å². The van der Waals surface area contributed by atoms with Gasteiger partial charge in [-0.05, 0) is 26.0 Å². The van der Waals surface area contributed by atoms with Crippen molar-refractivity contribution >= 4 is 22.3 Å². The lowest BCUT2D eigenvalue weighted by Crippen LogP contribution is -2.16. The lowest BCUT2D eigenvalue weighted by molar-refractivity contribution is -0.152. The van der Waals surface area contributed by atoms with Gasteiger partial charge in [-0.25, -0.2) is 4.98 Å². The highest BCUT2D eigenvalue weighted by atomic mass is 32.1. The summed E-state index contributed by atoms with van der Waals surface area (Å²) >= 11 is 1.14. The zero-order valence-electron chi connectivity index (χ0n) is 12.0. The zero-order chi connectivity index (χ0) is 16.9. The van der Waals surface area contributed by atoms with E-state index in [-0.39, 0.29) is 28.0 Å². The van der Waals surface area contributed by atoms with Gasteiger partial charge >= 0.3 is 6.18 Å². The van der Waals surface area contributed by atoms with Crippen LogP contribution in [0.1, 0.15) is 16.3 Å². The number of halogens is 3. The number of hydrogen-bond donors (Lipinski definition) is 1. The predicted octanol–water partition coefficient (Wildman–Crippen LogP) is 4.26. The van der Waals surface area contributed by atoms with Gasteiger partial charge in [-0.3, -0.25) is 4.79 Å². The maximum Gasteiger partial charge on any atom is 0.450 e. The van der Waals surface area contributed by atoms with Crippen LogP contribution in [0.15, 0.2) is 26.7 Å². The summed E-state index contributed by atoms with van der Waals surface area (Å²) in [6, 6.07) is 2.49. The Balaban J connectivity index is 2.50. The molecule has 120 valence electrons. The average Bonchev–Trinajstić information content (AvgIpc) is 2.88. The number of aryl methyl sites for hydroxylation is 2. The number of aromatic hydroxyl groups is 1. The van der Waals surface area contributed by atoms with Crippen LogP contribution in [0.2, 0.25) is 0 Å². The van der Waals surface area contributed by atoms with E-state index in [0.717, 1.165) is 11.3 Å². The first-order chi connectivity index (χ1) is 10.7. The molecule has 0 aliphatic heterocycles. The number of thiazole rings is 1. The lowest BCUT2D eigenvalue weighted by atomic mass is 10.0. The van der Waals surface area contributed by atoms with Gasteiger partial charge < -0.3 is 9.52 Å². The highest BCUT2D eigenvalue weighted by Crippen LogP contribution is 2.38. The molecule has 8 heteroatoms. The maximum atomic E-state index is 13.4. The smallest absolute Gasteiger partial charge is 0.450 e. The van der Waals surface area contributed by atoms with Crippen LogP contribution in [0.4, 0.5) is 13.2 Å². The van der Waals surface area contributed by atoms with Gasteiger partial charge in [0.1, 0.15) is 11.3 Å². The van der Waals surface area contributed by atoms with Crippen molar-refractivity contribution < 1.29 is 22.7 Å². The molecule has 1 N–H and O–H groups in total. The molecule has 0 saturated carbocycles. The number of alkyl halides is 3. The number of rotatable bonds is 1. The van der Waals surface area contributed by atoms with E-state index in [1.165, 1.54) is 24.4 Å². The molecule has 2 heterocycles. The first-order valence-electron chi connectivity index (χ1n) is 6.49. The molecule has 0 saturated heterocycles. The second-order valence-electron chi connectivity index (χ2n) is 4.97. The summed E-state index contributed by atoms with van der Waals surface area (Å²) < 4.78 is 45.1. The molecule has 23 heavy (non-hydrogen) atoms. The SMILES string of the molecule is Cc1nc(-c2c(C(F)(F)F)oc3c(C)c(O)ccc3c2=O)cs1. The molecule has 0 amide bonds. The molecule has 4 nitrogen and oxygen atoms in total. The van der Waals surface area contributed by atoms with E-state index < -0.39 is 22.9 Å². The molecular formula is C15H10F3NO3S. The number of phenols is 1. The molecule has 0 radical (unpaired) electrons. The number of aromatic nitrogens is 1. The van der Waals surface area contributed by atoms with Gasteiger partial charge in [-0.2, -0.15) is 13.2 Å². The summed E-state index contributed by atoms with van der Waals surface area (Å²) in [6.45, 7) is 3.01. The monoisotopic (exact) mass is 341 g/mol. The van der Waals surface area contributed by atoms with Crippen LogP contribution in [-0.2, 0) is 6.18 Å². The summed E-state index contributed by atoms with van der Waals surface area (Å²) in [5, 5.41) is 11.5. The minimum atomic E-state index is -4.86. The molecule has 0 aliphatic rings. The normalized spacial score (nSPS) is 12.0. The second kappa shape index (κ2) is 5.09. The van der Waals surface area contributed by atoms with Crippen molar-refractivity contribution in [1.82, 2.24) is 4.98 Å². The number of phenolic OH excluding ortho intramolecular Hbond substituents is 1. The second-order valence-corrected chi connectivity index (χ2v) is 6.03. The molecule has 0 atom stereocenters. The van der Waals surface area contributed by atoms with Crippen LogP contribution >= 0.6 is 11.3 Å². The number of fused-ring (bicyclic) bond motifs is 1. The molecule has 3 aromatic rings. The van der Waals surface area contributed by atoms with Gasteiger partial charge in [0.05, 0.1) is 21.7 Å². The van der Waals surface area contributed by atoms with Crippen molar-refractivity contribution in [2.75, 3.05) is 0 Å². The van der Waals surface area contributed by atoms with Crippen molar-refractivity contribution in [1.29, 1.82) is 0 Å². The molecule has 0 bridgehead atoms. The molecule has 1 aromatic carbocycles. The third kappa shape index (κ3) is 2.48. The Morgan fingerprint density at radius 2 is 1.96 bits per heavy atom. The molecule has 0 spiro atoms. The van der Waals surface area contributed by atoms with E-state index in [1.807, 2.05) is 0 Å². The molecular weight excluding hydrogens is 331 g/mol. The van der Waals surface area contributed by atoms with Crippen molar-refractivity contribution in [3.05, 3.63) is 44.1 Å². The Morgan fingerprint density at radius 3 is 2.52 bits per heavy atom. The van der Waals surface area contributed by atoms with E-state index in [9.17, 15) is 23.1 Å². The summed E-state index contributed by atoms with van der Waals surface area (Å²) in [6.07, 6.45) is -4.86. The molecule has 3 rings (SSSR count). The van der Waals surface area contributed by atoms with Gasteiger partial charge in [-0.1, -0.05) is 0 Å². The molecule has 0 aliphatic carbocycles. The topological polar surface area (TPSA) is 63.3 Å². The quantitative estimate of drug-likeness (QED) is 0.718. The molecule has 0 fully saturated rings. The average molecular weight is 341 g/mol. The van der Waals surface area contributed by atoms with Crippen LogP contribution in [0.25, 0.3) is 22.2 Å². The lowest BCUT2D eigenvalue weighted by Gasteiger charge is -2.12. The van der Waals surface area contributed by atoms with Gasteiger partial charge in [0, 0.05) is 10.9 Å². The van der Waals surface area contributed by atoms with E-state index in [4.69, 9.17) is 4.42 Å². The summed E-state index contributed by atoms with van der Waals surface area (Å²) in [5.41, 5.74) is -1.71. The molecule has 0 unspecified atom stereocenters. The van der Waals surface area contributed by atoms with Gasteiger partial charge in [0.25, 0.3) is 0 Å². The highest BCUT2D eigenvalue weighted by Gasteiger charge is 2.40. The van der Waals surface area contributed by atoms with Crippen molar-refractivity contribution in [2.45, 2.75) is 20.0 Å². The summed E-state index contributed by atoms with van der Waals surface area (Å²) in [7, 11) is 0. The minimum absolute atomic E-state index is 0.0334. The minimum Gasteiger partial charge on any atom is -0.508 e. The predicted molar refractivity (Wildman–Crippen MR) is 79.7 cm³/mol. The Kier molecular flexibility index (Phi) is 3.44. The summed E-state index contributed by atoms with van der Waals surface area (Å²) in [4.78, 5) is 16.6. The fourth-order valence-electron chi connectivity index (χ4n) is 2.29. The Bertz CT molecular complexity index is 972. The van der Waals surface area contributed by atoms with Crippen LogP contribution in [0.3, 0.4) is 0 Å². The third-order valence-electron chi connectivity index (χ3n) is 3.41. The van der Waals surface area contributed by atoms with Crippen LogP contribution < -0.4 is 5.43 Å². The van der Waals surface area contributed by atoms with Crippen molar-refractivity contribution in [2.24, 2.45) is 0 Å². The van der Waals surface area contributed by atoms with Crippen LogP contribution in [-0.4, -0.2) is 10.1 Å². The highest BCUT2D eigenvalue weighted by molar-refractivity contribution is 7.09. The number of benzene rings is 1. The van der Waals surface area contributed by atoms with Crippen molar-refractivity contribution in [3.8, 4) is 17.0 Å². The first-order valence-corrected chi connectivity index (χ1v) is 7.37. The maximum absolute atomic E-state index is 13.4. The van der Waals surface area contributed by atoms with Gasteiger partial charge in [-0.15, -0.1) is 11.3 Å². The van der Waals surface area contributed by atoms with Gasteiger partial charge in [0.2, 0.25) is 11.2 Å². The zero-order valence-corrected chi connectivity index (χ0v) is 12.8. The van der Waals surface area contributed by atoms with Crippen LogP contribution in [0.5, 0.6) is 5.75 Å². The Morgan fingerprint density at radius 1 is 1.26 bits per heavy atom.